The minimum Gasteiger partial charge on any atom is -0.355 e. The Kier molecular flexibility index (Phi) is 9.23. The van der Waals surface area contributed by atoms with E-state index in [1.807, 2.05) is 47.4 Å². The van der Waals surface area contributed by atoms with Crippen LogP contribution in [0.3, 0.4) is 0 Å². The third kappa shape index (κ3) is 7.59. The van der Waals surface area contributed by atoms with Crippen molar-refractivity contribution in [3.63, 3.8) is 0 Å². The topological polar surface area (TPSA) is 78.5 Å². The van der Waals surface area contributed by atoms with Gasteiger partial charge in [-0.15, -0.1) is 11.8 Å². The molecule has 2 fully saturated rings. The van der Waals surface area contributed by atoms with Gasteiger partial charge in [0.15, 0.2) is 0 Å². The molecule has 186 valence electrons. The molecule has 1 aliphatic carbocycles. The van der Waals surface area contributed by atoms with Crippen LogP contribution >= 0.6 is 11.8 Å². The lowest BCUT2D eigenvalue weighted by Crippen LogP contribution is -2.34. The van der Waals surface area contributed by atoms with E-state index in [2.05, 4.69) is 10.6 Å². The molecule has 2 aliphatic rings. The Labute approximate surface area is 212 Å². The summed E-state index contributed by atoms with van der Waals surface area (Å²) in [6.45, 7) is 2.10. The molecular formula is C28H35N3O3S. The normalized spacial score (nSPS) is 16.7. The first-order valence-electron chi connectivity index (χ1n) is 12.7. The number of benzene rings is 2. The van der Waals surface area contributed by atoms with E-state index < -0.39 is 0 Å². The van der Waals surface area contributed by atoms with Gasteiger partial charge < -0.3 is 15.5 Å². The summed E-state index contributed by atoms with van der Waals surface area (Å²) in [5, 5.41) is 6.05. The second-order valence-electron chi connectivity index (χ2n) is 9.52. The van der Waals surface area contributed by atoms with E-state index in [0.29, 0.717) is 30.1 Å². The van der Waals surface area contributed by atoms with E-state index in [4.69, 9.17) is 0 Å². The number of anilines is 1. The van der Waals surface area contributed by atoms with Crippen LogP contribution in [0.4, 0.5) is 5.69 Å². The first kappa shape index (κ1) is 25.3. The van der Waals surface area contributed by atoms with E-state index in [9.17, 15) is 14.4 Å². The number of nitrogens with one attached hydrogen (secondary N) is 2. The quantitative estimate of drug-likeness (QED) is 0.468. The molecule has 7 heteroatoms. The molecule has 2 aromatic rings. The van der Waals surface area contributed by atoms with Crippen molar-refractivity contribution in [3.05, 3.63) is 59.7 Å². The fraction of sp³-hybridized carbons (Fsp3) is 0.464. The zero-order valence-corrected chi connectivity index (χ0v) is 21.1. The largest absolute Gasteiger partial charge is 0.355 e. The Balaban J connectivity index is 1.32. The number of amides is 3. The lowest BCUT2D eigenvalue weighted by atomic mass is 9.89. The number of hydrogen-bond donors (Lipinski definition) is 2. The van der Waals surface area contributed by atoms with Crippen molar-refractivity contribution < 1.29 is 14.4 Å². The highest BCUT2D eigenvalue weighted by molar-refractivity contribution is 8.00. The molecule has 1 saturated heterocycles. The van der Waals surface area contributed by atoms with Crippen molar-refractivity contribution in [2.75, 3.05) is 24.2 Å². The summed E-state index contributed by atoms with van der Waals surface area (Å²) >= 11 is 1.39. The van der Waals surface area contributed by atoms with Gasteiger partial charge in [0.25, 0.3) is 5.91 Å². The highest BCUT2D eigenvalue weighted by Gasteiger charge is 2.19. The van der Waals surface area contributed by atoms with Crippen molar-refractivity contribution in [2.24, 2.45) is 5.92 Å². The van der Waals surface area contributed by atoms with E-state index in [0.717, 1.165) is 36.4 Å². The Hall–Kier alpha value is -2.80. The van der Waals surface area contributed by atoms with E-state index in [1.54, 1.807) is 6.07 Å². The molecule has 1 saturated carbocycles. The Bertz CT molecular complexity index is 1040. The second kappa shape index (κ2) is 12.8. The van der Waals surface area contributed by atoms with Crippen LogP contribution in [0, 0.1) is 5.92 Å². The molecule has 2 aromatic carbocycles. The lowest BCUT2D eigenvalue weighted by molar-refractivity contribution is -0.133. The second-order valence-corrected chi connectivity index (χ2v) is 10.5. The number of rotatable bonds is 9. The summed E-state index contributed by atoms with van der Waals surface area (Å²) in [7, 11) is 0. The van der Waals surface area contributed by atoms with Crippen LogP contribution in [0.5, 0.6) is 0 Å². The SMILES string of the molecule is O=C(CSc1ccccc1C(=O)Nc1cccc(CN2CCCCC2=O)c1)NCC1CCCCC1. The van der Waals surface area contributed by atoms with Crippen molar-refractivity contribution in [3.8, 4) is 0 Å². The number of nitrogens with zero attached hydrogens (tertiary/aromatic N) is 1. The minimum absolute atomic E-state index is 0.00995. The lowest BCUT2D eigenvalue weighted by Gasteiger charge is -2.26. The molecule has 0 spiro atoms. The molecule has 1 aliphatic heterocycles. The summed E-state index contributed by atoms with van der Waals surface area (Å²) < 4.78 is 0. The number of likely N-dealkylation sites (tertiary alicyclic amines) is 1. The third-order valence-electron chi connectivity index (χ3n) is 6.78. The molecule has 2 N–H and O–H groups in total. The van der Waals surface area contributed by atoms with Gasteiger partial charge in [-0.25, -0.2) is 0 Å². The highest BCUT2D eigenvalue weighted by Crippen LogP contribution is 2.25. The fourth-order valence-electron chi connectivity index (χ4n) is 4.82. The van der Waals surface area contributed by atoms with Gasteiger partial charge in [0, 0.05) is 36.6 Å². The maximum Gasteiger partial charge on any atom is 0.256 e. The average molecular weight is 494 g/mol. The standard InChI is InChI=1S/C28H35N3O3S/c32-26(29-18-21-9-2-1-3-10-21)20-35-25-14-5-4-13-24(25)28(34)30-23-12-8-11-22(17-23)19-31-16-7-6-15-27(31)33/h4-5,8,11-14,17,21H,1-3,6-7,9-10,15-16,18-20H2,(H,29,32)(H,30,34). The molecule has 0 aromatic heterocycles. The molecule has 0 bridgehead atoms. The van der Waals surface area contributed by atoms with Gasteiger partial charge in [-0.1, -0.05) is 43.5 Å². The number of thioether (sulfide) groups is 1. The van der Waals surface area contributed by atoms with Crippen LogP contribution in [-0.4, -0.2) is 41.5 Å². The molecule has 1 heterocycles. The van der Waals surface area contributed by atoms with E-state index >= 15 is 0 Å². The van der Waals surface area contributed by atoms with Gasteiger partial charge in [-0.2, -0.15) is 0 Å². The Morgan fingerprint density at radius 3 is 2.63 bits per heavy atom. The van der Waals surface area contributed by atoms with Crippen LogP contribution in [-0.2, 0) is 16.1 Å². The van der Waals surface area contributed by atoms with E-state index in [1.165, 1.54) is 43.9 Å². The zero-order valence-electron chi connectivity index (χ0n) is 20.3. The molecule has 6 nitrogen and oxygen atoms in total. The first-order chi connectivity index (χ1) is 17.1. The van der Waals surface area contributed by atoms with Crippen LogP contribution in [0.2, 0.25) is 0 Å². The first-order valence-corrected chi connectivity index (χ1v) is 13.7. The minimum atomic E-state index is -0.207. The Morgan fingerprint density at radius 2 is 1.80 bits per heavy atom. The van der Waals surface area contributed by atoms with Crippen LogP contribution in [0.25, 0.3) is 0 Å². The summed E-state index contributed by atoms with van der Waals surface area (Å²) in [6.07, 6.45) is 8.84. The molecule has 3 amide bonds. The molecule has 0 atom stereocenters. The predicted octanol–water partition coefficient (Wildman–Crippen LogP) is 5.24. The van der Waals surface area contributed by atoms with Gasteiger partial charge in [0.05, 0.1) is 11.3 Å². The number of piperidine rings is 1. The van der Waals surface area contributed by atoms with Gasteiger partial charge in [0.2, 0.25) is 11.8 Å². The third-order valence-corrected chi connectivity index (χ3v) is 7.86. The van der Waals surface area contributed by atoms with E-state index in [-0.39, 0.29) is 23.5 Å². The number of carbonyl (C=O) groups is 3. The zero-order chi connectivity index (χ0) is 24.5. The highest BCUT2D eigenvalue weighted by atomic mass is 32.2. The van der Waals surface area contributed by atoms with Gasteiger partial charge in [0.1, 0.15) is 0 Å². The van der Waals surface area contributed by atoms with Gasteiger partial charge >= 0.3 is 0 Å². The van der Waals surface area contributed by atoms with Crippen molar-refractivity contribution in [1.82, 2.24) is 10.2 Å². The smallest absolute Gasteiger partial charge is 0.256 e. The summed E-state index contributed by atoms with van der Waals surface area (Å²) in [6, 6.07) is 15.0. The van der Waals surface area contributed by atoms with Crippen LogP contribution < -0.4 is 10.6 Å². The summed E-state index contributed by atoms with van der Waals surface area (Å²) in [4.78, 5) is 40.3. The average Bonchev–Trinajstić information content (AvgIpc) is 2.88. The molecular weight excluding hydrogens is 458 g/mol. The molecule has 0 radical (unpaired) electrons. The molecule has 35 heavy (non-hydrogen) atoms. The maximum atomic E-state index is 13.1. The molecule has 0 unspecified atom stereocenters. The number of carbonyl (C=O) groups excluding carboxylic acids is 3. The monoisotopic (exact) mass is 493 g/mol. The van der Waals surface area contributed by atoms with Gasteiger partial charge in [-0.3, -0.25) is 14.4 Å². The molecule has 4 rings (SSSR count). The van der Waals surface area contributed by atoms with Crippen molar-refractivity contribution >= 4 is 35.2 Å². The van der Waals surface area contributed by atoms with Gasteiger partial charge in [-0.05, 0) is 61.4 Å². The maximum absolute atomic E-state index is 13.1. The fourth-order valence-corrected chi connectivity index (χ4v) is 5.70. The van der Waals surface area contributed by atoms with Crippen LogP contribution in [0.1, 0.15) is 67.3 Å². The van der Waals surface area contributed by atoms with Crippen molar-refractivity contribution in [2.45, 2.75) is 62.8 Å². The Morgan fingerprint density at radius 1 is 0.971 bits per heavy atom. The predicted molar refractivity (Wildman–Crippen MR) is 140 cm³/mol. The summed E-state index contributed by atoms with van der Waals surface area (Å²) in [5.41, 5.74) is 2.24. The van der Waals surface area contributed by atoms with Crippen LogP contribution in [0.15, 0.2) is 53.4 Å². The summed E-state index contributed by atoms with van der Waals surface area (Å²) in [5.74, 6) is 0.882. The van der Waals surface area contributed by atoms with Crippen molar-refractivity contribution in [1.29, 1.82) is 0 Å². The number of hydrogen-bond acceptors (Lipinski definition) is 4.